The molecule has 0 fully saturated rings. The highest BCUT2D eigenvalue weighted by atomic mass is 35.5. The normalized spacial score (nSPS) is 12.3. The Labute approximate surface area is 137 Å². The van der Waals surface area contributed by atoms with E-state index in [2.05, 4.69) is 5.32 Å². The molecule has 1 aromatic carbocycles. The number of benzene rings is 1. The number of nitrogens with zero attached hydrogens (tertiary/aromatic N) is 1. The summed E-state index contributed by atoms with van der Waals surface area (Å²) in [4.78, 5) is 12.3. The second kappa shape index (κ2) is 6.02. The molecule has 2 heterocycles. The van der Waals surface area contributed by atoms with Gasteiger partial charge in [-0.3, -0.25) is 4.79 Å². The topological polar surface area (TPSA) is 51.4 Å². The van der Waals surface area contributed by atoms with Gasteiger partial charge < -0.3 is 14.8 Å². The van der Waals surface area contributed by atoms with Crippen LogP contribution in [0.2, 0.25) is 10.0 Å². The molecule has 1 aromatic heterocycles. The van der Waals surface area contributed by atoms with Gasteiger partial charge in [-0.1, -0.05) is 29.3 Å². The van der Waals surface area contributed by atoms with Crippen molar-refractivity contribution in [1.29, 1.82) is 0 Å². The number of hydrogen-bond acceptors (Lipinski definition) is 3. The Bertz CT molecular complexity index is 727. The highest BCUT2D eigenvalue weighted by Crippen LogP contribution is 2.32. The first-order chi connectivity index (χ1) is 10.5. The number of aromatic nitrogens is 1. The van der Waals surface area contributed by atoms with Crippen LogP contribution < -0.4 is 19.4 Å². The summed E-state index contributed by atoms with van der Waals surface area (Å²) in [7, 11) is 1.78. The van der Waals surface area contributed by atoms with E-state index in [1.54, 1.807) is 24.0 Å². The predicted molar refractivity (Wildman–Crippen MR) is 81.4 cm³/mol. The van der Waals surface area contributed by atoms with Crippen LogP contribution in [0.4, 0.5) is 0 Å². The summed E-state index contributed by atoms with van der Waals surface area (Å²) in [6, 6.07) is 5.51. The molecule has 1 amide bonds. The van der Waals surface area contributed by atoms with E-state index in [0.29, 0.717) is 28.1 Å². The van der Waals surface area contributed by atoms with Gasteiger partial charge in [-0.25, -0.2) is 4.57 Å². The quantitative estimate of drug-likeness (QED) is 0.874. The van der Waals surface area contributed by atoms with Gasteiger partial charge in [0.2, 0.25) is 6.79 Å². The van der Waals surface area contributed by atoms with Gasteiger partial charge in [0.05, 0.1) is 5.56 Å². The molecule has 0 spiro atoms. The average Bonchev–Trinajstić information content (AvgIpc) is 2.91. The molecule has 0 aliphatic carbocycles. The van der Waals surface area contributed by atoms with Crippen molar-refractivity contribution in [3.05, 3.63) is 51.8 Å². The summed E-state index contributed by atoms with van der Waals surface area (Å²) in [5, 5.41) is 3.40. The molecule has 1 N–H and O–H groups in total. The van der Waals surface area contributed by atoms with Crippen LogP contribution in [0.15, 0.2) is 30.6 Å². The lowest BCUT2D eigenvalue weighted by molar-refractivity contribution is -0.671. The monoisotopic (exact) mass is 339 g/mol. The number of rotatable bonds is 3. The highest BCUT2D eigenvalue weighted by Gasteiger charge is 2.19. The van der Waals surface area contributed by atoms with Crippen molar-refractivity contribution in [2.24, 2.45) is 7.05 Å². The summed E-state index contributed by atoms with van der Waals surface area (Å²) in [5.41, 5.74) is 1.16. The molecule has 0 saturated heterocycles. The van der Waals surface area contributed by atoms with Crippen LogP contribution in [0.3, 0.4) is 0 Å². The smallest absolute Gasteiger partial charge is 0.255 e. The lowest BCUT2D eigenvalue weighted by atomic mass is 10.2. The lowest BCUT2D eigenvalue weighted by Gasteiger charge is -2.08. The number of halogens is 2. The van der Waals surface area contributed by atoms with Crippen molar-refractivity contribution >= 4 is 29.1 Å². The second-order valence-electron chi connectivity index (χ2n) is 4.86. The molecule has 0 saturated carbocycles. The van der Waals surface area contributed by atoms with Gasteiger partial charge >= 0.3 is 0 Å². The van der Waals surface area contributed by atoms with Crippen LogP contribution in [-0.4, -0.2) is 12.7 Å². The van der Waals surface area contributed by atoms with Crippen LogP contribution in [0.5, 0.6) is 11.5 Å². The minimum absolute atomic E-state index is 0.220. The SMILES string of the molecule is C[n+]1cc(Cl)c(C(=O)NCc2ccc3c(c2)OCO3)c(Cl)c1. The molecule has 0 bridgehead atoms. The Kier molecular flexibility index (Phi) is 4.09. The molecule has 1 aliphatic heterocycles. The second-order valence-corrected chi connectivity index (χ2v) is 5.68. The maximum Gasteiger partial charge on any atom is 0.255 e. The zero-order valence-electron chi connectivity index (χ0n) is 11.7. The van der Waals surface area contributed by atoms with Crippen molar-refractivity contribution in [3.63, 3.8) is 0 Å². The molecule has 0 atom stereocenters. The third kappa shape index (κ3) is 2.96. The van der Waals surface area contributed by atoms with Crippen LogP contribution in [-0.2, 0) is 13.6 Å². The molecular formula is C15H13Cl2N2O3+. The summed E-state index contributed by atoms with van der Waals surface area (Å²) < 4.78 is 12.2. The van der Waals surface area contributed by atoms with E-state index in [4.69, 9.17) is 32.7 Å². The molecule has 1 aliphatic rings. The van der Waals surface area contributed by atoms with E-state index in [1.807, 2.05) is 18.2 Å². The lowest BCUT2D eigenvalue weighted by Crippen LogP contribution is -2.30. The van der Waals surface area contributed by atoms with Crippen molar-refractivity contribution in [3.8, 4) is 11.5 Å². The number of nitrogens with one attached hydrogen (secondary N) is 1. The van der Waals surface area contributed by atoms with Gasteiger partial charge in [0.1, 0.15) is 17.1 Å². The van der Waals surface area contributed by atoms with Gasteiger partial charge in [0.25, 0.3) is 5.91 Å². The highest BCUT2D eigenvalue weighted by molar-refractivity contribution is 6.39. The Morgan fingerprint density at radius 2 is 1.91 bits per heavy atom. The van der Waals surface area contributed by atoms with Crippen molar-refractivity contribution in [2.75, 3.05) is 6.79 Å². The van der Waals surface area contributed by atoms with Gasteiger partial charge in [-0.05, 0) is 17.7 Å². The number of fused-ring (bicyclic) bond motifs is 1. The summed E-state index contributed by atoms with van der Waals surface area (Å²) in [6.07, 6.45) is 3.26. The van der Waals surface area contributed by atoms with Gasteiger partial charge in [0, 0.05) is 6.54 Å². The van der Waals surface area contributed by atoms with E-state index in [9.17, 15) is 4.79 Å². The number of ether oxygens (including phenoxy) is 2. The Balaban J connectivity index is 1.73. The number of amides is 1. The van der Waals surface area contributed by atoms with E-state index < -0.39 is 0 Å². The number of carbonyl (C=O) groups excluding carboxylic acids is 1. The largest absolute Gasteiger partial charge is 0.454 e. The van der Waals surface area contributed by atoms with Crippen molar-refractivity contribution in [2.45, 2.75) is 6.54 Å². The molecule has 3 rings (SSSR count). The number of pyridine rings is 1. The predicted octanol–water partition coefficient (Wildman–Crippen LogP) is 2.48. The minimum atomic E-state index is -0.326. The standard InChI is InChI=1S/C15H12Cl2N2O3/c1-19-6-10(16)14(11(17)7-19)15(20)18-5-9-2-3-12-13(4-9)22-8-21-12/h2-4,6-7H,5,8H2,1H3/p+1. The van der Waals surface area contributed by atoms with Gasteiger partial charge in [-0.15, -0.1) is 0 Å². The van der Waals surface area contributed by atoms with Crippen molar-refractivity contribution < 1.29 is 18.8 Å². The van der Waals surface area contributed by atoms with Crippen LogP contribution in [0, 0.1) is 0 Å². The third-order valence-electron chi connectivity index (χ3n) is 3.23. The maximum absolute atomic E-state index is 12.3. The van der Waals surface area contributed by atoms with Crippen molar-refractivity contribution in [1.82, 2.24) is 5.32 Å². The fourth-order valence-corrected chi connectivity index (χ4v) is 2.91. The molecule has 7 heteroatoms. The molecule has 5 nitrogen and oxygen atoms in total. The fraction of sp³-hybridized carbons (Fsp3) is 0.200. The van der Waals surface area contributed by atoms with Gasteiger partial charge in [-0.2, -0.15) is 0 Å². The van der Waals surface area contributed by atoms with Crippen LogP contribution >= 0.6 is 23.2 Å². The van der Waals surface area contributed by atoms with E-state index >= 15 is 0 Å². The first-order valence-electron chi connectivity index (χ1n) is 6.55. The first kappa shape index (κ1) is 14.9. The zero-order chi connectivity index (χ0) is 15.7. The van der Waals surface area contributed by atoms with Crippen LogP contribution in [0.1, 0.15) is 15.9 Å². The van der Waals surface area contributed by atoms with Gasteiger partial charge in [0.15, 0.2) is 23.9 Å². The van der Waals surface area contributed by atoms with Crippen LogP contribution in [0.25, 0.3) is 0 Å². The minimum Gasteiger partial charge on any atom is -0.454 e. The number of carbonyl (C=O) groups is 1. The zero-order valence-corrected chi connectivity index (χ0v) is 13.2. The Morgan fingerprint density at radius 1 is 1.23 bits per heavy atom. The number of aryl methyl sites for hydroxylation is 1. The Morgan fingerprint density at radius 3 is 2.64 bits per heavy atom. The molecule has 2 aromatic rings. The maximum atomic E-state index is 12.3. The average molecular weight is 340 g/mol. The summed E-state index contributed by atoms with van der Waals surface area (Å²) >= 11 is 12.2. The van der Waals surface area contributed by atoms with E-state index in [1.165, 1.54) is 0 Å². The Hall–Kier alpha value is -1.98. The fourth-order valence-electron chi connectivity index (χ4n) is 2.18. The first-order valence-corrected chi connectivity index (χ1v) is 7.31. The molecular weight excluding hydrogens is 327 g/mol. The summed E-state index contributed by atoms with van der Waals surface area (Å²) in [5.74, 6) is 1.06. The molecule has 22 heavy (non-hydrogen) atoms. The molecule has 114 valence electrons. The third-order valence-corrected chi connectivity index (χ3v) is 3.80. The molecule has 0 unspecified atom stereocenters. The van der Waals surface area contributed by atoms with E-state index in [-0.39, 0.29) is 18.3 Å². The number of hydrogen-bond donors (Lipinski definition) is 1. The summed E-state index contributed by atoms with van der Waals surface area (Å²) in [6.45, 7) is 0.556. The molecule has 0 radical (unpaired) electrons. The van der Waals surface area contributed by atoms with E-state index in [0.717, 1.165) is 5.56 Å².